The number of hydrogen-bond donors (Lipinski definition) is 0. The highest BCUT2D eigenvalue weighted by molar-refractivity contribution is 7.26. The van der Waals surface area contributed by atoms with Crippen molar-refractivity contribution < 1.29 is 0 Å². The highest BCUT2D eigenvalue weighted by Crippen LogP contribution is 2.56. The zero-order valence-corrected chi connectivity index (χ0v) is 56.9. The number of nitrogens with zero attached hydrogens (tertiary/aromatic N) is 3. The summed E-state index contributed by atoms with van der Waals surface area (Å²) in [6.07, 6.45) is 0. The smallest absolute Gasteiger partial charge is 0.252 e. The fourth-order valence-corrected chi connectivity index (χ4v) is 18.6. The number of hydrogen-bond acceptors (Lipinski definition) is 3. The van der Waals surface area contributed by atoms with Gasteiger partial charge >= 0.3 is 0 Å². The molecule has 0 amide bonds. The molecule has 4 heterocycles. The molecule has 0 atom stereocenters. The molecule has 0 N–H and O–H groups in total. The molecule has 2 aromatic heterocycles. The van der Waals surface area contributed by atoms with Crippen LogP contribution in [0, 0.1) is 0 Å². The summed E-state index contributed by atoms with van der Waals surface area (Å²) in [6.45, 7) is -0.264. The Bertz CT molecular complexity index is 6400. The van der Waals surface area contributed by atoms with E-state index in [4.69, 9.17) is 0 Å². The second-order valence-corrected chi connectivity index (χ2v) is 28.3. The van der Waals surface area contributed by atoms with Crippen molar-refractivity contribution in [1.29, 1.82) is 0 Å². The van der Waals surface area contributed by atoms with E-state index in [-0.39, 0.29) is 6.71 Å². The minimum absolute atomic E-state index is 0.264. The van der Waals surface area contributed by atoms with Gasteiger partial charge < -0.3 is 14.4 Å². The molecule has 5 heteroatoms. The van der Waals surface area contributed by atoms with E-state index in [9.17, 15) is 0 Å². The van der Waals surface area contributed by atoms with Crippen LogP contribution in [0.1, 0.15) is 0 Å². The Hall–Kier alpha value is -13.1. The van der Waals surface area contributed by atoms with Crippen LogP contribution in [0.4, 0.5) is 34.1 Å². The van der Waals surface area contributed by atoms with E-state index < -0.39 is 0 Å². The fraction of sp³-hybridized carbons (Fsp3) is 0. The molecule has 0 unspecified atom stereocenters. The summed E-state index contributed by atoms with van der Waals surface area (Å²) in [4.78, 5) is 5.41. The number of anilines is 6. The van der Waals surface area contributed by atoms with Gasteiger partial charge in [-0.1, -0.05) is 334 Å². The van der Waals surface area contributed by atoms with Crippen molar-refractivity contribution in [1.82, 2.24) is 4.57 Å². The van der Waals surface area contributed by atoms with E-state index in [1.165, 1.54) is 91.1 Å². The standard InChI is InChI=1S/C98H62BN3S/c1-6-29-63(30-7-1)71-46-26-47-72(64-31-8-2-9-32-64)96(71)101-88-59-68(75-50-28-51-83-78-41-22-25-54-92(78)103-98(75)83)55-57-84(88)99-85-58-56-69(94-81-44-18-16-42-79(81)93(67-37-14-5-15-38-67)80-43-17-19-45-82(80)94)60-89(85)102(97-73(65-33-10-3-11-34-65)48-27-49-74(97)66-35-12-4-13-36-66)91-62-70(61-90(101)95(91)99)100-86-52-23-20-39-76(86)77-40-21-24-53-87(77)100/h1-62H. The van der Waals surface area contributed by atoms with Crippen LogP contribution in [0.5, 0.6) is 0 Å². The molecule has 0 saturated heterocycles. The second-order valence-electron chi connectivity index (χ2n) is 27.3. The van der Waals surface area contributed by atoms with Crippen molar-refractivity contribution >= 4 is 132 Å². The third kappa shape index (κ3) is 9.23. The first-order chi connectivity index (χ1) is 51.2. The molecular weight excluding hydrogens is 1260 g/mol. The van der Waals surface area contributed by atoms with Gasteiger partial charge in [-0.25, -0.2) is 0 Å². The summed E-state index contributed by atoms with van der Waals surface area (Å²) in [5.74, 6) is 0. The molecule has 103 heavy (non-hydrogen) atoms. The van der Waals surface area contributed by atoms with Crippen LogP contribution in [0.15, 0.2) is 376 Å². The Labute approximate surface area is 602 Å². The average molecular weight is 1320 g/mol. The van der Waals surface area contributed by atoms with E-state index in [2.05, 4.69) is 390 Å². The molecular formula is C98H62BN3S. The Morgan fingerprint density at radius 3 is 1.05 bits per heavy atom. The summed E-state index contributed by atoms with van der Waals surface area (Å²) in [5.41, 5.74) is 29.9. The molecule has 0 aliphatic carbocycles. The van der Waals surface area contributed by atoms with E-state index in [1.54, 1.807) is 0 Å². The third-order valence-electron chi connectivity index (χ3n) is 21.8. The molecule has 0 fully saturated rings. The average Bonchev–Trinajstić information content (AvgIpc) is 1.58. The van der Waals surface area contributed by atoms with Gasteiger partial charge in [0.2, 0.25) is 0 Å². The second kappa shape index (κ2) is 23.8. The van der Waals surface area contributed by atoms with Crippen LogP contribution in [0.3, 0.4) is 0 Å². The lowest BCUT2D eigenvalue weighted by Gasteiger charge is -2.46. The van der Waals surface area contributed by atoms with Gasteiger partial charge in [0.15, 0.2) is 0 Å². The van der Waals surface area contributed by atoms with Crippen molar-refractivity contribution in [3.05, 3.63) is 376 Å². The van der Waals surface area contributed by atoms with Crippen molar-refractivity contribution in [2.45, 2.75) is 0 Å². The summed E-state index contributed by atoms with van der Waals surface area (Å²) in [6, 6.07) is 141. The maximum absolute atomic E-state index is 2.71. The summed E-state index contributed by atoms with van der Waals surface area (Å²) >= 11 is 1.89. The van der Waals surface area contributed by atoms with Gasteiger partial charge in [0.25, 0.3) is 6.71 Å². The van der Waals surface area contributed by atoms with Crippen molar-refractivity contribution in [3.63, 3.8) is 0 Å². The fourth-order valence-electron chi connectivity index (χ4n) is 17.4. The topological polar surface area (TPSA) is 11.4 Å². The molecule has 0 radical (unpaired) electrons. The molecule has 19 aromatic rings. The number of thiophene rings is 1. The lowest BCUT2D eigenvalue weighted by Crippen LogP contribution is -2.61. The monoisotopic (exact) mass is 1320 g/mol. The first kappa shape index (κ1) is 58.9. The van der Waals surface area contributed by atoms with Crippen LogP contribution < -0.4 is 26.2 Å². The van der Waals surface area contributed by atoms with E-state index in [1.807, 2.05) is 11.3 Å². The predicted molar refractivity (Wildman–Crippen MR) is 441 cm³/mol. The number of para-hydroxylation sites is 4. The normalized spacial score (nSPS) is 12.4. The first-order valence-corrected chi connectivity index (χ1v) is 36.4. The predicted octanol–water partition coefficient (Wildman–Crippen LogP) is 25.2. The van der Waals surface area contributed by atoms with Crippen molar-refractivity contribution in [3.8, 4) is 83.6 Å². The van der Waals surface area contributed by atoms with E-state index >= 15 is 0 Å². The third-order valence-corrected chi connectivity index (χ3v) is 23.0. The summed E-state index contributed by atoms with van der Waals surface area (Å²) in [7, 11) is 0. The van der Waals surface area contributed by atoms with Crippen LogP contribution in [-0.2, 0) is 0 Å². The van der Waals surface area contributed by atoms with Crippen LogP contribution >= 0.6 is 11.3 Å². The van der Waals surface area contributed by atoms with Gasteiger partial charge in [-0.05, 0) is 136 Å². The van der Waals surface area contributed by atoms with Gasteiger partial charge in [0.1, 0.15) is 0 Å². The quantitative estimate of drug-likeness (QED) is 0.0999. The zero-order valence-electron chi connectivity index (χ0n) is 56.1. The molecule has 2 aliphatic heterocycles. The van der Waals surface area contributed by atoms with E-state index in [0.717, 1.165) is 106 Å². The molecule has 478 valence electrons. The Balaban J connectivity index is 0.952. The Kier molecular flexibility index (Phi) is 13.6. The van der Waals surface area contributed by atoms with Crippen LogP contribution in [0.2, 0.25) is 0 Å². The zero-order chi connectivity index (χ0) is 67.6. The summed E-state index contributed by atoms with van der Waals surface area (Å²) < 4.78 is 5.11. The molecule has 17 aromatic carbocycles. The van der Waals surface area contributed by atoms with Gasteiger partial charge in [0, 0.05) is 75.9 Å². The number of aromatic nitrogens is 1. The molecule has 0 bridgehead atoms. The maximum Gasteiger partial charge on any atom is 0.252 e. The maximum atomic E-state index is 2.71. The Morgan fingerprint density at radius 2 is 0.583 bits per heavy atom. The SMILES string of the molecule is c1ccc(-c2cccc(-c3ccccc3)c2N2c3cc(-c4c5ccccc5c(-c5ccccc5)c5ccccc45)ccc3B3c4ccc(-c5cccc6c5sc5ccccc56)cc4N(c4c(-c5ccccc5)cccc4-c4ccccc4)c4cc(-n5c6ccccc6c6ccccc65)cc2c43)cc1. The van der Waals surface area contributed by atoms with Gasteiger partial charge in [-0.3, -0.25) is 0 Å². The number of fused-ring (bicyclic) bond motifs is 12. The lowest BCUT2D eigenvalue weighted by molar-refractivity contribution is 1.16. The molecule has 0 spiro atoms. The highest BCUT2D eigenvalue weighted by Gasteiger charge is 2.46. The van der Waals surface area contributed by atoms with E-state index in [0.29, 0.717) is 0 Å². The van der Waals surface area contributed by atoms with Gasteiger partial charge in [-0.2, -0.15) is 0 Å². The highest BCUT2D eigenvalue weighted by atomic mass is 32.1. The van der Waals surface area contributed by atoms with Crippen molar-refractivity contribution in [2.24, 2.45) is 0 Å². The van der Waals surface area contributed by atoms with Crippen molar-refractivity contribution in [2.75, 3.05) is 9.80 Å². The molecule has 21 rings (SSSR count). The van der Waals surface area contributed by atoms with Crippen LogP contribution in [0.25, 0.3) is 147 Å². The molecule has 0 saturated carbocycles. The molecule has 3 nitrogen and oxygen atoms in total. The Morgan fingerprint density at radius 1 is 0.233 bits per heavy atom. The minimum atomic E-state index is -0.264. The van der Waals surface area contributed by atoms with Crippen LogP contribution in [-0.4, -0.2) is 11.3 Å². The van der Waals surface area contributed by atoms with Gasteiger partial charge in [-0.15, -0.1) is 11.3 Å². The minimum Gasteiger partial charge on any atom is -0.310 e. The molecule has 2 aliphatic rings. The lowest BCUT2D eigenvalue weighted by atomic mass is 9.33. The number of rotatable bonds is 10. The number of benzene rings is 17. The first-order valence-electron chi connectivity index (χ1n) is 35.6. The summed E-state index contributed by atoms with van der Waals surface area (Å²) in [5, 5.41) is 9.82. The van der Waals surface area contributed by atoms with Gasteiger partial charge in [0.05, 0.1) is 28.1 Å². The largest absolute Gasteiger partial charge is 0.310 e.